The van der Waals surface area contributed by atoms with E-state index >= 15 is 0 Å². The lowest BCUT2D eigenvalue weighted by molar-refractivity contribution is -0.141. The number of carbonyl (C=O) groups excluding carboxylic acids is 7. The van der Waals surface area contributed by atoms with E-state index < -0.39 is 78.6 Å². The van der Waals surface area contributed by atoms with Crippen molar-refractivity contribution >= 4 is 69.2 Å². The van der Waals surface area contributed by atoms with Crippen LogP contribution in [-0.2, 0) is 40.0 Å². The third-order valence-corrected chi connectivity index (χ3v) is 8.96. The predicted octanol–water partition coefficient (Wildman–Crippen LogP) is 0.151. The molecule has 4 unspecified atom stereocenters. The smallest absolute Gasteiger partial charge is 0.305 e. The predicted molar refractivity (Wildman–Crippen MR) is 201 cm³/mol. The van der Waals surface area contributed by atoms with E-state index in [1.54, 1.807) is 18.3 Å². The van der Waals surface area contributed by atoms with Crippen molar-refractivity contribution in [3.63, 3.8) is 0 Å². The molecular weight excluding hydrogens is 753 g/mol. The highest BCUT2D eigenvalue weighted by atomic mass is 32.2. The van der Waals surface area contributed by atoms with Gasteiger partial charge in [-0.3, -0.25) is 38.4 Å². The van der Waals surface area contributed by atoms with E-state index in [2.05, 4.69) is 41.6 Å². The molecule has 0 spiro atoms. The maximum absolute atomic E-state index is 13.7. The van der Waals surface area contributed by atoms with Crippen molar-refractivity contribution in [2.45, 2.75) is 68.1 Å². The highest BCUT2D eigenvalue weighted by Gasteiger charge is 2.32. The number of carbonyl (C=O) groups is 8. The molecule has 21 heteroatoms. The summed E-state index contributed by atoms with van der Waals surface area (Å²) in [5.41, 5.74) is 15.3. The maximum Gasteiger partial charge on any atom is 0.305 e. The van der Waals surface area contributed by atoms with E-state index in [0.717, 1.165) is 22.7 Å². The van der Waals surface area contributed by atoms with Crippen LogP contribution in [0.15, 0.2) is 64.7 Å². The van der Waals surface area contributed by atoms with Crippen LogP contribution in [0, 0.1) is 0 Å². The van der Waals surface area contributed by atoms with Gasteiger partial charge >= 0.3 is 5.97 Å². The molecule has 4 atom stereocenters. The highest BCUT2D eigenvalue weighted by Crippen LogP contribution is 2.21. The number of rotatable bonds is 22. The molecular formula is C35H42N10O10S. The van der Waals surface area contributed by atoms with E-state index in [9.17, 15) is 48.6 Å². The summed E-state index contributed by atoms with van der Waals surface area (Å²) in [5.74, 6) is -6.41. The van der Waals surface area contributed by atoms with Gasteiger partial charge < -0.3 is 47.5 Å². The summed E-state index contributed by atoms with van der Waals surface area (Å²) in [5, 5.41) is 34.8. The van der Waals surface area contributed by atoms with E-state index in [1.165, 1.54) is 19.1 Å². The number of amides is 6. The molecule has 3 aromatic rings. The minimum Gasteiger partial charge on any atom is -0.481 e. The number of unbranched alkanes of at least 4 members (excludes halogenated alkanes) is 1. The Morgan fingerprint density at radius 2 is 1.52 bits per heavy atom. The minimum atomic E-state index is -1.75. The molecule has 2 aromatic carbocycles. The number of carboxylic acid groups (broad SMARTS) is 1. The molecule has 3 rings (SSSR count). The Labute approximate surface area is 323 Å². The zero-order chi connectivity index (χ0) is 41.2. The quantitative estimate of drug-likeness (QED) is 0.0217. The number of primary amides is 1. The van der Waals surface area contributed by atoms with Gasteiger partial charge in [-0.2, -0.15) is 0 Å². The summed E-state index contributed by atoms with van der Waals surface area (Å²) in [4.78, 5) is 106. The molecule has 0 saturated carbocycles. The first-order valence-corrected chi connectivity index (χ1v) is 18.0. The van der Waals surface area contributed by atoms with E-state index in [-0.39, 0.29) is 37.5 Å². The van der Waals surface area contributed by atoms with Gasteiger partial charge in [-0.1, -0.05) is 35.1 Å². The van der Waals surface area contributed by atoms with Crippen LogP contribution in [0.25, 0.3) is 21.3 Å². The molecule has 0 aliphatic carbocycles. The first-order chi connectivity index (χ1) is 26.7. The zero-order valence-corrected chi connectivity index (χ0v) is 31.0. The van der Waals surface area contributed by atoms with Gasteiger partial charge in [-0.25, -0.2) is 0 Å². The second kappa shape index (κ2) is 22.1. The van der Waals surface area contributed by atoms with Gasteiger partial charge in [-0.05, 0) is 60.7 Å². The fourth-order valence-electron chi connectivity index (χ4n) is 5.36. The number of aliphatic carboxylic acids is 1. The number of nitrogens with two attached hydrogens (primary N) is 1. The molecule has 6 amide bonds. The van der Waals surface area contributed by atoms with Crippen LogP contribution in [0.3, 0.4) is 0 Å². The maximum atomic E-state index is 13.7. The summed E-state index contributed by atoms with van der Waals surface area (Å²) in [6.07, 6.45) is 1.25. The van der Waals surface area contributed by atoms with E-state index in [0.29, 0.717) is 22.4 Å². The summed E-state index contributed by atoms with van der Waals surface area (Å²) < 4.78 is 0. The van der Waals surface area contributed by atoms with Gasteiger partial charge in [0.25, 0.3) is 5.91 Å². The van der Waals surface area contributed by atoms with Gasteiger partial charge in [0.15, 0.2) is 5.12 Å². The van der Waals surface area contributed by atoms with Crippen molar-refractivity contribution < 1.29 is 48.6 Å². The van der Waals surface area contributed by atoms with Gasteiger partial charge in [0, 0.05) is 52.4 Å². The number of H-pyrrole nitrogens is 1. The normalized spacial score (nSPS) is 12.8. The number of nitrogens with one attached hydrogen (secondary N) is 6. The number of aromatic amines is 1. The fourth-order valence-corrected chi connectivity index (χ4v) is 6.01. The molecule has 0 aliphatic rings. The van der Waals surface area contributed by atoms with Crippen molar-refractivity contribution in [3.8, 4) is 0 Å². The summed E-state index contributed by atoms with van der Waals surface area (Å²) in [7, 11) is 0. The number of para-hydroxylation sites is 1. The summed E-state index contributed by atoms with van der Waals surface area (Å²) in [6.45, 7) is 0.141. The Balaban J connectivity index is 1.73. The standard InChI is InChI=1S/C35H42N10O10S/c1-19(47)41-26(14-21-16-39-24-7-3-2-6-23(21)24)34(54)42-25(33(53)43-27(15-29(48)49)35(55)44-28(18-46)31(36)51)8-4-5-13-38-32(52)20-9-11-22(12-10-20)56-30(50)17-40-45-37/h2-3,6-7,9-12,16,25-28,39,46H,4-5,8,13-15,17-18H2,1H3,(H2,36,51)(H,38,52)(H,41,47)(H,42,54)(H,43,53)(H,44,55)(H,48,49). The van der Waals surface area contributed by atoms with Crippen molar-refractivity contribution in [3.05, 3.63) is 76.3 Å². The third kappa shape index (κ3) is 14.1. The average molecular weight is 795 g/mol. The molecule has 1 heterocycles. The van der Waals surface area contributed by atoms with Crippen molar-refractivity contribution in [1.29, 1.82) is 0 Å². The minimum absolute atomic E-state index is 0.0290. The van der Waals surface area contributed by atoms with Crippen molar-refractivity contribution in [1.82, 2.24) is 31.6 Å². The molecule has 1 aromatic heterocycles. The number of nitrogens with zero attached hydrogens (tertiary/aromatic N) is 3. The van der Waals surface area contributed by atoms with E-state index in [4.69, 9.17) is 11.3 Å². The van der Waals surface area contributed by atoms with Crippen LogP contribution >= 0.6 is 11.8 Å². The van der Waals surface area contributed by atoms with Crippen LogP contribution in [-0.4, -0.2) is 106 Å². The molecule has 0 radical (unpaired) electrons. The lowest BCUT2D eigenvalue weighted by atomic mass is 10.0. The van der Waals surface area contributed by atoms with Gasteiger partial charge in [0.2, 0.25) is 29.5 Å². The summed E-state index contributed by atoms with van der Waals surface area (Å²) in [6, 6.07) is 7.57. The fraction of sp³-hybridized carbons (Fsp3) is 0.371. The van der Waals surface area contributed by atoms with Gasteiger partial charge in [0.1, 0.15) is 24.2 Å². The lowest BCUT2D eigenvalue weighted by Gasteiger charge is -2.25. The Morgan fingerprint density at radius 3 is 2.16 bits per heavy atom. The highest BCUT2D eigenvalue weighted by molar-refractivity contribution is 8.13. The third-order valence-electron chi connectivity index (χ3n) is 8.10. The Bertz CT molecular complexity index is 1970. The number of carboxylic acids is 1. The molecule has 0 saturated heterocycles. The Morgan fingerprint density at radius 1 is 0.875 bits per heavy atom. The molecule has 56 heavy (non-hydrogen) atoms. The molecule has 20 nitrogen and oxygen atoms in total. The van der Waals surface area contributed by atoms with Crippen molar-refractivity contribution in [2.24, 2.45) is 10.8 Å². The van der Waals surface area contributed by atoms with Gasteiger partial charge in [-0.15, -0.1) is 0 Å². The number of benzene rings is 2. The molecule has 10 N–H and O–H groups in total. The summed E-state index contributed by atoms with van der Waals surface area (Å²) >= 11 is 0.855. The number of aromatic nitrogens is 1. The number of aliphatic hydroxyl groups excluding tert-OH is 1. The van der Waals surface area contributed by atoms with Crippen LogP contribution in [0.5, 0.6) is 0 Å². The second-order valence-corrected chi connectivity index (χ2v) is 13.5. The number of hydrogen-bond donors (Lipinski definition) is 9. The Hall–Kier alpha value is -6.44. The van der Waals surface area contributed by atoms with Crippen LogP contribution in [0.1, 0.15) is 48.5 Å². The average Bonchev–Trinajstić information content (AvgIpc) is 3.56. The number of hydrogen-bond acceptors (Lipinski definition) is 11. The Kier molecular flexibility index (Phi) is 17.3. The lowest BCUT2D eigenvalue weighted by Crippen LogP contribution is -2.59. The molecule has 298 valence electrons. The van der Waals surface area contributed by atoms with Gasteiger partial charge in [0.05, 0.1) is 19.6 Å². The topological polar surface area (TPSA) is 328 Å². The first-order valence-electron chi connectivity index (χ1n) is 17.2. The monoisotopic (exact) mass is 794 g/mol. The number of fused-ring (bicyclic) bond motifs is 1. The molecule has 0 aliphatic heterocycles. The SMILES string of the molecule is CC(=O)NC(Cc1c[nH]c2ccccc12)C(=O)NC(CCCCNC(=O)c1ccc(SC(=O)CN=[N+]=[N-])cc1)C(=O)NC(CC(=O)O)C(=O)NC(CO)C(N)=O. The number of aliphatic hydroxyl groups is 1. The number of thioether (sulfide) groups is 1. The van der Waals surface area contributed by atoms with Crippen LogP contribution in [0.4, 0.5) is 0 Å². The largest absolute Gasteiger partial charge is 0.481 e. The second-order valence-electron chi connectivity index (χ2n) is 12.3. The number of azide groups is 1. The first kappa shape index (κ1) is 44.0. The van der Waals surface area contributed by atoms with Crippen molar-refractivity contribution in [2.75, 3.05) is 19.7 Å². The zero-order valence-electron chi connectivity index (χ0n) is 30.2. The van der Waals surface area contributed by atoms with Crippen LogP contribution < -0.4 is 32.3 Å². The van der Waals surface area contributed by atoms with E-state index in [1.807, 2.05) is 24.3 Å². The molecule has 0 bridgehead atoms. The van der Waals surface area contributed by atoms with Crippen LogP contribution in [0.2, 0.25) is 0 Å². The molecule has 0 fully saturated rings.